The van der Waals surface area contributed by atoms with E-state index in [0.29, 0.717) is 11.4 Å². The Hall–Kier alpha value is -1.88. The smallest absolute Gasteiger partial charge is 0.214 e. The Bertz CT molecular complexity index is 550. The summed E-state index contributed by atoms with van der Waals surface area (Å²) >= 11 is 0. The molecule has 19 heavy (non-hydrogen) atoms. The number of nitrogens with two attached hydrogens (primary N) is 2. The van der Waals surface area contributed by atoms with Gasteiger partial charge in [-0.3, -0.25) is 5.73 Å². The molecule has 0 fully saturated rings. The van der Waals surface area contributed by atoms with E-state index in [1.807, 2.05) is 6.92 Å². The van der Waals surface area contributed by atoms with Crippen molar-refractivity contribution in [3.8, 4) is 0 Å². The van der Waals surface area contributed by atoms with Gasteiger partial charge in [0.2, 0.25) is 5.79 Å². The summed E-state index contributed by atoms with van der Waals surface area (Å²) in [5.74, 6) is -1.41. The molecule has 0 amide bonds. The normalized spacial score (nSPS) is 22.5. The van der Waals surface area contributed by atoms with Gasteiger partial charge < -0.3 is 11.1 Å². The van der Waals surface area contributed by atoms with Crippen molar-refractivity contribution < 1.29 is 4.39 Å². The Morgan fingerprint density at radius 3 is 2.79 bits per heavy atom. The lowest BCUT2D eigenvalue weighted by molar-refractivity contribution is 0.369. The lowest BCUT2D eigenvalue weighted by Gasteiger charge is -2.32. The van der Waals surface area contributed by atoms with E-state index in [9.17, 15) is 4.39 Å². The highest BCUT2D eigenvalue weighted by atomic mass is 19.1. The van der Waals surface area contributed by atoms with Crippen LogP contribution in [0.5, 0.6) is 0 Å². The van der Waals surface area contributed by atoms with Crippen LogP contribution >= 0.6 is 0 Å². The third-order valence-electron chi connectivity index (χ3n) is 3.03. The van der Waals surface area contributed by atoms with Gasteiger partial charge in [-0.05, 0) is 31.1 Å². The maximum Gasteiger partial charge on any atom is 0.214 e. The fourth-order valence-corrected chi connectivity index (χ4v) is 2.18. The van der Waals surface area contributed by atoms with Gasteiger partial charge in [0, 0.05) is 5.70 Å². The van der Waals surface area contributed by atoms with Gasteiger partial charge in [0.25, 0.3) is 0 Å². The number of hydrogen-bond acceptors (Lipinski definition) is 4. The highest BCUT2D eigenvalue weighted by Gasteiger charge is 2.32. The van der Waals surface area contributed by atoms with Crippen molar-refractivity contribution in [2.45, 2.75) is 32.5 Å². The van der Waals surface area contributed by atoms with Crippen LogP contribution in [0.15, 0.2) is 35.0 Å². The molecule has 5 N–H and O–H groups in total. The molecule has 1 atom stereocenters. The molecule has 2 rings (SSSR count). The van der Waals surface area contributed by atoms with Gasteiger partial charge in [-0.2, -0.15) is 0 Å². The maximum atomic E-state index is 14.1. The molecule has 4 nitrogen and oxygen atoms in total. The number of rotatable bonds is 3. The van der Waals surface area contributed by atoms with Gasteiger partial charge in [0.05, 0.1) is 5.56 Å². The fraction of sp³-hybridized carbons (Fsp3) is 0.357. The third-order valence-corrected chi connectivity index (χ3v) is 3.03. The molecule has 1 unspecified atom stereocenters. The van der Waals surface area contributed by atoms with Gasteiger partial charge in [0.15, 0.2) is 0 Å². The summed E-state index contributed by atoms with van der Waals surface area (Å²) in [6, 6.07) is 4.89. The SMILES string of the molecule is CCCC1=CC(N)=NC(N)(c2ccc(C)cc2F)N1. The highest BCUT2D eigenvalue weighted by molar-refractivity contribution is 5.93. The molecular formula is C14H19FN4. The Morgan fingerprint density at radius 2 is 2.16 bits per heavy atom. The third kappa shape index (κ3) is 2.76. The van der Waals surface area contributed by atoms with Crippen LogP contribution in [0.1, 0.15) is 30.9 Å². The molecule has 1 aromatic rings. The molecule has 102 valence electrons. The summed E-state index contributed by atoms with van der Waals surface area (Å²) < 4.78 is 14.1. The molecule has 0 aromatic heterocycles. The minimum absolute atomic E-state index is 0.294. The van der Waals surface area contributed by atoms with E-state index in [4.69, 9.17) is 11.5 Å². The highest BCUT2D eigenvalue weighted by Crippen LogP contribution is 2.25. The van der Waals surface area contributed by atoms with Crippen LogP contribution in [0, 0.1) is 12.7 Å². The number of nitrogens with one attached hydrogen (secondary N) is 1. The van der Waals surface area contributed by atoms with Crippen molar-refractivity contribution in [3.63, 3.8) is 0 Å². The summed E-state index contributed by atoms with van der Waals surface area (Å²) in [7, 11) is 0. The topological polar surface area (TPSA) is 76.4 Å². The van der Waals surface area contributed by atoms with Crippen LogP contribution in [-0.2, 0) is 5.79 Å². The number of aliphatic imine (C=N–C) groups is 1. The maximum absolute atomic E-state index is 14.1. The van der Waals surface area contributed by atoms with Gasteiger partial charge in [-0.1, -0.05) is 25.5 Å². The zero-order chi connectivity index (χ0) is 14.0. The molecule has 0 saturated heterocycles. The van der Waals surface area contributed by atoms with E-state index in [2.05, 4.69) is 17.2 Å². The van der Waals surface area contributed by atoms with E-state index >= 15 is 0 Å². The first-order chi connectivity index (χ1) is 8.94. The second kappa shape index (κ2) is 5.01. The minimum Gasteiger partial charge on any atom is -0.384 e. The van der Waals surface area contributed by atoms with Crippen LogP contribution < -0.4 is 16.8 Å². The van der Waals surface area contributed by atoms with Gasteiger partial charge in [0.1, 0.15) is 11.7 Å². The largest absolute Gasteiger partial charge is 0.384 e. The second-order valence-electron chi connectivity index (χ2n) is 4.83. The summed E-state index contributed by atoms with van der Waals surface area (Å²) in [6.45, 7) is 3.87. The van der Waals surface area contributed by atoms with Gasteiger partial charge in [-0.15, -0.1) is 0 Å². The van der Waals surface area contributed by atoms with Crippen molar-refractivity contribution in [3.05, 3.63) is 46.9 Å². The summed E-state index contributed by atoms with van der Waals surface area (Å²) in [6.07, 6.45) is 3.47. The van der Waals surface area contributed by atoms with Gasteiger partial charge in [-0.25, -0.2) is 9.38 Å². The fourth-order valence-electron chi connectivity index (χ4n) is 2.18. The minimum atomic E-state index is -1.33. The Balaban J connectivity index is 2.41. The number of nitrogens with zero attached hydrogens (tertiary/aromatic N) is 1. The molecule has 0 saturated carbocycles. The number of allylic oxidation sites excluding steroid dienone is 1. The van der Waals surface area contributed by atoms with E-state index in [1.165, 1.54) is 6.07 Å². The first-order valence-corrected chi connectivity index (χ1v) is 6.34. The molecule has 0 bridgehead atoms. The number of benzene rings is 1. The zero-order valence-electron chi connectivity index (χ0n) is 11.2. The molecule has 1 aliphatic rings. The number of hydrogen-bond donors (Lipinski definition) is 3. The lowest BCUT2D eigenvalue weighted by Crippen LogP contribution is -2.52. The standard InChI is InChI=1S/C14H19FN4/c1-3-4-10-8-13(16)19-14(17,18-10)11-6-5-9(2)7-12(11)15/h5-8,18H,3-4,17H2,1-2H3,(H2,16,19). The average molecular weight is 262 g/mol. The average Bonchev–Trinajstić information content (AvgIpc) is 2.27. The molecule has 1 aliphatic heterocycles. The summed E-state index contributed by atoms with van der Waals surface area (Å²) in [5, 5.41) is 3.07. The van der Waals surface area contributed by atoms with E-state index in [0.717, 1.165) is 24.1 Å². The Kier molecular flexibility index (Phi) is 3.57. The lowest BCUT2D eigenvalue weighted by atomic mass is 10.0. The van der Waals surface area contributed by atoms with Crippen molar-refractivity contribution >= 4 is 5.84 Å². The molecule has 0 spiro atoms. The predicted molar refractivity (Wildman–Crippen MR) is 74.8 cm³/mol. The van der Waals surface area contributed by atoms with E-state index in [1.54, 1.807) is 18.2 Å². The van der Waals surface area contributed by atoms with Crippen molar-refractivity contribution in [1.29, 1.82) is 0 Å². The van der Waals surface area contributed by atoms with Crippen molar-refractivity contribution in [2.24, 2.45) is 16.5 Å². The van der Waals surface area contributed by atoms with Crippen molar-refractivity contribution in [2.75, 3.05) is 0 Å². The summed E-state index contributed by atoms with van der Waals surface area (Å²) in [4.78, 5) is 4.15. The van der Waals surface area contributed by atoms with Crippen LogP contribution in [0.4, 0.5) is 4.39 Å². The van der Waals surface area contributed by atoms with Crippen LogP contribution in [0.25, 0.3) is 0 Å². The number of aryl methyl sites for hydroxylation is 1. The molecule has 1 heterocycles. The Morgan fingerprint density at radius 1 is 1.42 bits per heavy atom. The van der Waals surface area contributed by atoms with Crippen molar-refractivity contribution in [1.82, 2.24) is 5.32 Å². The second-order valence-corrected chi connectivity index (χ2v) is 4.83. The van der Waals surface area contributed by atoms with E-state index in [-0.39, 0.29) is 5.82 Å². The zero-order valence-corrected chi connectivity index (χ0v) is 11.2. The van der Waals surface area contributed by atoms with Gasteiger partial charge >= 0.3 is 0 Å². The molecule has 1 aromatic carbocycles. The summed E-state index contributed by atoms with van der Waals surface area (Å²) in [5.41, 5.74) is 14.0. The first-order valence-electron chi connectivity index (χ1n) is 6.34. The quantitative estimate of drug-likeness (QED) is 0.778. The molecule has 0 aliphatic carbocycles. The number of halogens is 1. The first kappa shape index (κ1) is 13.5. The van der Waals surface area contributed by atoms with E-state index < -0.39 is 5.79 Å². The van der Waals surface area contributed by atoms with Crippen LogP contribution in [0.2, 0.25) is 0 Å². The van der Waals surface area contributed by atoms with Crippen LogP contribution in [0.3, 0.4) is 0 Å². The predicted octanol–water partition coefficient (Wildman–Crippen LogP) is 1.85. The molecule has 5 heteroatoms. The number of amidine groups is 1. The molecular weight excluding hydrogens is 243 g/mol. The Labute approximate surface area is 112 Å². The monoisotopic (exact) mass is 262 g/mol. The van der Waals surface area contributed by atoms with Crippen LogP contribution in [-0.4, -0.2) is 5.84 Å². The molecule has 0 radical (unpaired) electrons.